The van der Waals surface area contributed by atoms with Crippen LogP contribution in [0, 0.1) is 5.82 Å². The molecule has 6 nitrogen and oxygen atoms in total. The van der Waals surface area contributed by atoms with Crippen molar-refractivity contribution in [2.45, 2.75) is 0 Å². The van der Waals surface area contributed by atoms with E-state index < -0.39 is 0 Å². The van der Waals surface area contributed by atoms with Crippen molar-refractivity contribution < 1.29 is 13.6 Å². The maximum Gasteiger partial charge on any atom is 0.272 e. The van der Waals surface area contributed by atoms with E-state index >= 15 is 0 Å². The zero-order chi connectivity index (χ0) is 22.1. The van der Waals surface area contributed by atoms with E-state index in [1.54, 1.807) is 52.2 Å². The van der Waals surface area contributed by atoms with E-state index in [4.69, 9.17) is 16.0 Å². The molecule has 1 amide bonds. The van der Waals surface area contributed by atoms with Crippen LogP contribution in [0.3, 0.4) is 0 Å². The van der Waals surface area contributed by atoms with Gasteiger partial charge in [0.25, 0.3) is 5.91 Å². The number of anilines is 1. The zero-order valence-electron chi connectivity index (χ0n) is 17.1. The van der Waals surface area contributed by atoms with Crippen LogP contribution >= 0.6 is 11.6 Å². The highest BCUT2D eigenvalue weighted by Crippen LogP contribution is 2.27. The van der Waals surface area contributed by atoms with Gasteiger partial charge in [-0.3, -0.25) is 4.79 Å². The molecule has 0 atom stereocenters. The van der Waals surface area contributed by atoms with Crippen molar-refractivity contribution >= 4 is 23.2 Å². The fourth-order valence-corrected chi connectivity index (χ4v) is 4.12. The summed E-state index contributed by atoms with van der Waals surface area (Å²) in [6.45, 7) is 2.02. The number of halogens is 2. The van der Waals surface area contributed by atoms with Gasteiger partial charge in [-0.1, -0.05) is 35.9 Å². The molecule has 1 aliphatic rings. The number of furan rings is 1. The fourth-order valence-electron chi connectivity index (χ4n) is 3.91. The van der Waals surface area contributed by atoms with Crippen LogP contribution in [0.1, 0.15) is 10.5 Å². The molecule has 0 unspecified atom stereocenters. The second-order valence-corrected chi connectivity index (χ2v) is 7.89. The quantitative estimate of drug-likeness (QED) is 0.444. The molecule has 1 aliphatic heterocycles. The van der Waals surface area contributed by atoms with Gasteiger partial charge in [0.15, 0.2) is 5.76 Å². The summed E-state index contributed by atoms with van der Waals surface area (Å²) in [5.74, 6) is 0.143. The number of carbonyl (C=O) groups is 1. The molecule has 2 aromatic heterocycles. The highest BCUT2D eigenvalue weighted by molar-refractivity contribution is 6.32. The smallest absolute Gasteiger partial charge is 0.272 e. The first-order valence-corrected chi connectivity index (χ1v) is 10.7. The number of para-hydroxylation sites is 2. The van der Waals surface area contributed by atoms with Crippen LogP contribution in [0.4, 0.5) is 10.1 Å². The fraction of sp³-hybridized carbons (Fsp3) is 0.167. The van der Waals surface area contributed by atoms with Crippen LogP contribution in [0.2, 0.25) is 5.02 Å². The van der Waals surface area contributed by atoms with Crippen molar-refractivity contribution in [2.75, 3.05) is 31.1 Å². The van der Waals surface area contributed by atoms with E-state index in [-0.39, 0.29) is 11.7 Å². The largest absolute Gasteiger partial charge is 0.463 e. The third kappa shape index (κ3) is 3.76. The van der Waals surface area contributed by atoms with Gasteiger partial charge in [0.1, 0.15) is 17.2 Å². The summed E-state index contributed by atoms with van der Waals surface area (Å²) >= 11 is 6.41. The summed E-state index contributed by atoms with van der Waals surface area (Å²) in [6.07, 6.45) is 1.56. The highest BCUT2D eigenvalue weighted by atomic mass is 35.5. The number of hydrogen-bond donors (Lipinski definition) is 0. The minimum atomic E-state index is -0.257. The van der Waals surface area contributed by atoms with Crippen molar-refractivity contribution in [2.24, 2.45) is 0 Å². The lowest BCUT2D eigenvalue weighted by Crippen LogP contribution is -2.49. The summed E-state index contributed by atoms with van der Waals surface area (Å²) in [7, 11) is 0. The number of hydrogen-bond acceptors (Lipinski definition) is 4. The molecule has 0 spiro atoms. The number of rotatable bonds is 4. The Morgan fingerprint density at radius 2 is 1.66 bits per heavy atom. The van der Waals surface area contributed by atoms with E-state index in [1.165, 1.54) is 6.07 Å². The molecule has 1 fully saturated rings. The van der Waals surface area contributed by atoms with Gasteiger partial charge in [-0.2, -0.15) is 5.10 Å². The van der Waals surface area contributed by atoms with Gasteiger partial charge in [0.05, 0.1) is 22.7 Å². The molecule has 32 heavy (non-hydrogen) atoms. The number of piperazine rings is 1. The lowest BCUT2D eigenvalue weighted by Gasteiger charge is -2.36. The summed E-state index contributed by atoms with van der Waals surface area (Å²) < 4.78 is 21.2. The molecule has 1 saturated heterocycles. The molecule has 4 aromatic rings. The standard InChI is InChI=1S/C24H20ClFN4O2/c25-17-6-1-3-8-20(17)30-22(16-19(27-30)23-10-5-15-32-23)24(31)29-13-11-28(12-14-29)21-9-4-2-7-18(21)26/h1-10,15-16H,11-14H2. The Morgan fingerprint density at radius 3 is 2.34 bits per heavy atom. The van der Waals surface area contributed by atoms with Crippen LogP contribution in [0.5, 0.6) is 0 Å². The third-order valence-corrected chi connectivity index (χ3v) is 5.86. The number of amides is 1. The monoisotopic (exact) mass is 450 g/mol. The lowest BCUT2D eigenvalue weighted by molar-refractivity contribution is 0.0737. The van der Waals surface area contributed by atoms with Crippen LogP contribution in [0.25, 0.3) is 17.1 Å². The van der Waals surface area contributed by atoms with E-state index in [2.05, 4.69) is 5.10 Å². The lowest BCUT2D eigenvalue weighted by atomic mass is 10.2. The molecule has 0 saturated carbocycles. The number of nitrogens with zero attached hydrogens (tertiary/aromatic N) is 4. The Balaban J connectivity index is 1.43. The van der Waals surface area contributed by atoms with Crippen molar-refractivity contribution in [3.05, 3.63) is 89.5 Å². The predicted molar refractivity (Wildman–Crippen MR) is 121 cm³/mol. The van der Waals surface area contributed by atoms with E-state index in [0.717, 1.165) is 0 Å². The molecule has 3 heterocycles. The average molecular weight is 451 g/mol. The molecule has 0 N–H and O–H groups in total. The zero-order valence-corrected chi connectivity index (χ0v) is 17.9. The van der Waals surface area contributed by atoms with Crippen molar-refractivity contribution in [3.8, 4) is 17.1 Å². The van der Waals surface area contributed by atoms with Crippen molar-refractivity contribution in [3.63, 3.8) is 0 Å². The summed E-state index contributed by atoms with van der Waals surface area (Å²) in [6, 6.07) is 19.2. The second kappa shape index (κ2) is 8.51. The van der Waals surface area contributed by atoms with Gasteiger partial charge < -0.3 is 14.2 Å². The van der Waals surface area contributed by atoms with Crippen molar-refractivity contribution in [1.29, 1.82) is 0 Å². The van der Waals surface area contributed by atoms with Gasteiger partial charge in [0, 0.05) is 32.2 Å². The first kappa shape index (κ1) is 20.3. The predicted octanol–water partition coefficient (Wildman–Crippen LogP) is 4.89. The van der Waals surface area contributed by atoms with Crippen LogP contribution in [-0.2, 0) is 0 Å². The van der Waals surface area contributed by atoms with Crippen LogP contribution in [-0.4, -0.2) is 46.8 Å². The maximum absolute atomic E-state index is 14.2. The Labute approximate surface area is 189 Å². The van der Waals surface area contributed by atoms with Gasteiger partial charge in [-0.15, -0.1) is 0 Å². The average Bonchev–Trinajstić information content (AvgIpc) is 3.50. The molecule has 2 aromatic carbocycles. The Hall–Kier alpha value is -3.58. The summed E-state index contributed by atoms with van der Waals surface area (Å²) in [4.78, 5) is 17.2. The minimum Gasteiger partial charge on any atom is -0.463 e. The van der Waals surface area contributed by atoms with Crippen LogP contribution < -0.4 is 4.90 Å². The SMILES string of the molecule is O=C(c1cc(-c2ccco2)nn1-c1ccccc1Cl)N1CCN(c2ccccc2F)CC1. The van der Waals surface area contributed by atoms with Crippen LogP contribution in [0.15, 0.2) is 77.4 Å². The second-order valence-electron chi connectivity index (χ2n) is 7.49. The molecule has 0 radical (unpaired) electrons. The topological polar surface area (TPSA) is 54.5 Å². The maximum atomic E-state index is 14.2. The van der Waals surface area contributed by atoms with Crippen molar-refractivity contribution in [1.82, 2.24) is 14.7 Å². The third-order valence-electron chi connectivity index (χ3n) is 5.54. The molecule has 162 valence electrons. The first-order chi connectivity index (χ1) is 15.6. The van der Waals surface area contributed by atoms with Gasteiger partial charge in [-0.25, -0.2) is 9.07 Å². The molecule has 0 bridgehead atoms. The Morgan fingerprint density at radius 1 is 0.938 bits per heavy atom. The van der Waals surface area contributed by atoms with E-state index in [9.17, 15) is 9.18 Å². The van der Waals surface area contributed by atoms with Gasteiger partial charge >= 0.3 is 0 Å². The Kier molecular flexibility index (Phi) is 5.41. The van der Waals surface area contributed by atoms with Gasteiger partial charge in [-0.05, 0) is 36.4 Å². The molecule has 8 heteroatoms. The van der Waals surface area contributed by atoms with E-state index in [1.807, 2.05) is 29.2 Å². The Bertz CT molecular complexity index is 1250. The molecule has 0 aliphatic carbocycles. The highest BCUT2D eigenvalue weighted by Gasteiger charge is 2.28. The normalized spacial score (nSPS) is 14.1. The van der Waals surface area contributed by atoms with E-state index in [0.29, 0.717) is 59.7 Å². The minimum absolute atomic E-state index is 0.164. The molecular weight excluding hydrogens is 431 g/mol. The number of benzene rings is 2. The van der Waals surface area contributed by atoms with Gasteiger partial charge in [0.2, 0.25) is 0 Å². The first-order valence-electron chi connectivity index (χ1n) is 10.3. The number of carbonyl (C=O) groups excluding carboxylic acids is 1. The summed E-state index contributed by atoms with van der Waals surface area (Å²) in [5.41, 5.74) is 2.10. The molecular formula is C24H20ClFN4O2. The summed E-state index contributed by atoms with van der Waals surface area (Å²) in [5, 5.41) is 5.09. The number of aromatic nitrogens is 2. The molecule has 5 rings (SSSR count).